The van der Waals surface area contributed by atoms with Gasteiger partial charge < -0.3 is 9.64 Å². The van der Waals surface area contributed by atoms with Crippen LogP contribution in [0.3, 0.4) is 0 Å². The second-order valence-electron chi connectivity index (χ2n) is 2.69. The van der Waals surface area contributed by atoms with E-state index < -0.39 is 0 Å². The highest BCUT2D eigenvalue weighted by molar-refractivity contribution is 7.07. The van der Waals surface area contributed by atoms with Crippen LogP contribution in [0.5, 0.6) is 0 Å². The lowest BCUT2D eigenvalue weighted by Gasteiger charge is -2.25. The number of aromatic nitrogens is 2. The molecule has 5 nitrogen and oxygen atoms in total. The largest absolute Gasteiger partial charge is 0.378 e. The van der Waals surface area contributed by atoms with Crippen LogP contribution in [0.15, 0.2) is 6.20 Å². The van der Waals surface area contributed by atoms with Gasteiger partial charge in [0.25, 0.3) is 5.91 Å². The Bertz CT molecular complexity index is 282. The first-order valence-corrected chi connectivity index (χ1v) is 4.79. The molecule has 1 aromatic heterocycles. The van der Waals surface area contributed by atoms with Crippen LogP contribution >= 0.6 is 11.5 Å². The SMILES string of the molecule is O=C(c1cnns1)N1CCOCC1. The molecule has 0 bridgehead atoms. The van der Waals surface area contributed by atoms with Crippen molar-refractivity contribution in [2.75, 3.05) is 26.3 Å². The molecule has 1 aliphatic heterocycles. The van der Waals surface area contributed by atoms with E-state index in [4.69, 9.17) is 4.74 Å². The topological polar surface area (TPSA) is 55.3 Å². The highest BCUT2D eigenvalue weighted by Crippen LogP contribution is 2.08. The Morgan fingerprint density at radius 2 is 2.31 bits per heavy atom. The highest BCUT2D eigenvalue weighted by Gasteiger charge is 2.19. The van der Waals surface area contributed by atoms with E-state index in [1.165, 1.54) is 6.20 Å². The summed E-state index contributed by atoms with van der Waals surface area (Å²) < 4.78 is 8.80. The van der Waals surface area contributed by atoms with E-state index in [-0.39, 0.29) is 5.91 Å². The monoisotopic (exact) mass is 199 g/mol. The number of rotatable bonds is 1. The molecule has 1 aromatic rings. The van der Waals surface area contributed by atoms with E-state index in [0.717, 1.165) is 11.5 Å². The molecular formula is C7H9N3O2S. The van der Waals surface area contributed by atoms with Gasteiger partial charge in [0.05, 0.1) is 19.4 Å². The number of nitrogens with zero attached hydrogens (tertiary/aromatic N) is 3. The van der Waals surface area contributed by atoms with Crippen molar-refractivity contribution >= 4 is 17.4 Å². The normalized spacial score (nSPS) is 17.4. The molecule has 0 atom stereocenters. The zero-order valence-corrected chi connectivity index (χ0v) is 7.79. The molecule has 6 heteroatoms. The molecule has 1 saturated heterocycles. The minimum atomic E-state index is 0.0123. The summed E-state index contributed by atoms with van der Waals surface area (Å²) in [7, 11) is 0. The van der Waals surface area contributed by atoms with Crippen molar-refractivity contribution in [3.63, 3.8) is 0 Å². The van der Waals surface area contributed by atoms with Gasteiger partial charge in [-0.15, -0.1) is 5.10 Å². The minimum absolute atomic E-state index is 0.0123. The Morgan fingerprint density at radius 3 is 2.92 bits per heavy atom. The van der Waals surface area contributed by atoms with E-state index in [0.29, 0.717) is 31.2 Å². The van der Waals surface area contributed by atoms with Crippen LogP contribution in [-0.2, 0) is 4.74 Å². The number of amides is 1. The molecule has 1 amide bonds. The molecule has 70 valence electrons. The van der Waals surface area contributed by atoms with Crippen LogP contribution in [0.2, 0.25) is 0 Å². The van der Waals surface area contributed by atoms with Gasteiger partial charge in [-0.2, -0.15) is 0 Å². The van der Waals surface area contributed by atoms with Gasteiger partial charge in [0, 0.05) is 13.1 Å². The van der Waals surface area contributed by atoms with Gasteiger partial charge in [-0.1, -0.05) is 4.49 Å². The number of ether oxygens (including phenoxy) is 1. The Morgan fingerprint density at radius 1 is 1.54 bits per heavy atom. The van der Waals surface area contributed by atoms with E-state index >= 15 is 0 Å². The van der Waals surface area contributed by atoms with Crippen molar-refractivity contribution in [2.24, 2.45) is 0 Å². The fourth-order valence-electron chi connectivity index (χ4n) is 1.18. The average Bonchev–Trinajstić information content (AvgIpc) is 2.71. The molecule has 1 fully saturated rings. The Balaban J connectivity index is 2.04. The first-order chi connectivity index (χ1) is 6.38. The standard InChI is InChI=1S/C7H9N3O2S/c11-7(6-5-8-9-13-6)10-1-3-12-4-2-10/h5H,1-4H2. The van der Waals surface area contributed by atoms with Gasteiger partial charge >= 0.3 is 0 Å². The van der Waals surface area contributed by atoms with Crippen molar-refractivity contribution in [3.8, 4) is 0 Å². The van der Waals surface area contributed by atoms with Crippen molar-refractivity contribution < 1.29 is 9.53 Å². The molecular weight excluding hydrogens is 190 g/mol. The molecule has 0 aromatic carbocycles. The fraction of sp³-hybridized carbons (Fsp3) is 0.571. The molecule has 0 unspecified atom stereocenters. The predicted molar refractivity (Wildman–Crippen MR) is 46.6 cm³/mol. The van der Waals surface area contributed by atoms with Gasteiger partial charge in [-0.05, 0) is 11.5 Å². The van der Waals surface area contributed by atoms with E-state index in [1.807, 2.05) is 0 Å². The first kappa shape index (κ1) is 8.58. The zero-order chi connectivity index (χ0) is 9.10. The minimum Gasteiger partial charge on any atom is -0.378 e. The third-order valence-electron chi connectivity index (χ3n) is 1.87. The smallest absolute Gasteiger partial charge is 0.267 e. The number of hydrogen-bond acceptors (Lipinski definition) is 5. The van der Waals surface area contributed by atoms with Crippen LogP contribution in [0.25, 0.3) is 0 Å². The molecule has 0 spiro atoms. The summed E-state index contributed by atoms with van der Waals surface area (Å²) >= 11 is 1.13. The second-order valence-corrected chi connectivity index (χ2v) is 3.47. The van der Waals surface area contributed by atoms with Crippen LogP contribution < -0.4 is 0 Å². The zero-order valence-electron chi connectivity index (χ0n) is 6.97. The predicted octanol–water partition coefficient (Wildman–Crippen LogP) is 0.0105. The summed E-state index contributed by atoms with van der Waals surface area (Å²) in [4.78, 5) is 14.0. The van der Waals surface area contributed by atoms with Crippen molar-refractivity contribution in [2.45, 2.75) is 0 Å². The average molecular weight is 199 g/mol. The van der Waals surface area contributed by atoms with Gasteiger partial charge in [0.15, 0.2) is 0 Å². The highest BCUT2D eigenvalue weighted by atomic mass is 32.1. The molecule has 2 heterocycles. The van der Waals surface area contributed by atoms with Crippen LogP contribution in [0.1, 0.15) is 9.67 Å². The number of hydrogen-bond donors (Lipinski definition) is 0. The molecule has 0 aliphatic carbocycles. The third kappa shape index (κ3) is 1.84. The number of carbonyl (C=O) groups is 1. The van der Waals surface area contributed by atoms with Gasteiger partial charge in [0.2, 0.25) is 0 Å². The lowest BCUT2D eigenvalue weighted by molar-refractivity contribution is 0.0306. The summed E-state index contributed by atoms with van der Waals surface area (Å²) in [6, 6.07) is 0. The van der Waals surface area contributed by atoms with Crippen molar-refractivity contribution in [1.82, 2.24) is 14.5 Å². The Kier molecular flexibility index (Phi) is 2.51. The van der Waals surface area contributed by atoms with Crippen LogP contribution in [-0.4, -0.2) is 46.7 Å². The lowest BCUT2D eigenvalue weighted by Crippen LogP contribution is -2.40. The summed E-state index contributed by atoms with van der Waals surface area (Å²) in [5, 5.41) is 3.63. The molecule has 13 heavy (non-hydrogen) atoms. The summed E-state index contributed by atoms with van der Waals surface area (Å²) in [5.41, 5.74) is 0. The van der Waals surface area contributed by atoms with E-state index in [2.05, 4.69) is 9.59 Å². The van der Waals surface area contributed by atoms with Crippen LogP contribution in [0, 0.1) is 0 Å². The maximum absolute atomic E-state index is 11.7. The quantitative estimate of drug-likeness (QED) is 0.639. The van der Waals surface area contributed by atoms with Crippen LogP contribution in [0.4, 0.5) is 0 Å². The number of carbonyl (C=O) groups excluding carboxylic acids is 1. The Labute approximate surface area is 79.5 Å². The van der Waals surface area contributed by atoms with E-state index in [9.17, 15) is 4.79 Å². The summed E-state index contributed by atoms with van der Waals surface area (Å²) in [6.45, 7) is 2.57. The van der Waals surface area contributed by atoms with Gasteiger partial charge in [0.1, 0.15) is 4.88 Å². The van der Waals surface area contributed by atoms with Crippen molar-refractivity contribution in [3.05, 3.63) is 11.1 Å². The molecule has 1 aliphatic rings. The lowest BCUT2D eigenvalue weighted by atomic mass is 10.4. The maximum Gasteiger partial charge on any atom is 0.267 e. The molecule has 0 radical (unpaired) electrons. The summed E-state index contributed by atoms with van der Waals surface area (Å²) in [6.07, 6.45) is 1.50. The second kappa shape index (κ2) is 3.80. The van der Waals surface area contributed by atoms with E-state index in [1.54, 1.807) is 4.90 Å². The Hall–Kier alpha value is -1.01. The van der Waals surface area contributed by atoms with Gasteiger partial charge in [-0.25, -0.2) is 0 Å². The molecule has 0 saturated carbocycles. The third-order valence-corrected chi connectivity index (χ3v) is 2.52. The molecule has 2 rings (SSSR count). The van der Waals surface area contributed by atoms with Gasteiger partial charge in [-0.3, -0.25) is 4.79 Å². The summed E-state index contributed by atoms with van der Waals surface area (Å²) in [5.74, 6) is 0.0123. The first-order valence-electron chi connectivity index (χ1n) is 4.02. The molecule has 0 N–H and O–H groups in total. The maximum atomic E-state index is 11.7. The number of morpholine rings is 1. The fourth-order valence-corrected chi connectivity index (χ4v) is 1.67. The van der Waals surface area contributed by atoms with Crippen molar-refractivity contribution in [1.29, 1.82) is 0 Å².